The Balaban J connectivity index is 1.82. The number of aromatic nitrogens is 2. The fourth-order valence-corrected chi connectivity index (χ4v) is 3.53. The van der Waals surface area contributed by atoms with Crippen molar-refractivity contribution in [2.75, 3.05) is 24.7 Å². The van der Waals surface area contributed by atoms with E-state index >= 15 is 0 Å². The molecular weight excluding hydrogens is 386 g/mol. The molecule has 2 aromatic rings. The lowest BCUT2D eigenvalue weighted by Gasteiger charge is -2.11. The van der Waals surface area contributed by atoms with Gasteiger partial charge in [0, 0.05) is 13.1 Å². The van der Waals surface area contributed by atoms with Crippen molar-refractivity contribution in [2.45, 2.75) is 24.4 Å². The third-order valence-corrected chi connectivity index (χ3v) is 5.01. The van der Waals surface area contributed by atoms with Crippen molar-refractivity contribution in [1.82, 2.24) is 15.5 Å². The van der Waals surface area contributed by atoms with Gasteiger partial charge < -0.3 is 20.1 Å². The molecule has 0 atom stereocenters. The summed E-state index contributed by atoms with van der Waals surface area (Å²) in [5, 5.41) is 14.4. The van der Waals surface area contributed by atoms with Crippen LogP contribution in [0.2, 0.25) is 0 Å². The van der Waals surface area contributed by atoms with Crippen molar-refractivity contribution >= 4 is 34.1 Å². The third kappa shape index (κ3) is 6.30. The molecule has 1 aromatic carbocycles. The molecule has 1 aromatic heterocycles. The Morgan fingerprint density at radius 1 is 1.35 bits per heavy atom. The molecule has 0 aliphatic carbocycles. The molecule has 0 unspecified atom stereocenters. The molecule has 7 nitrogen and oxygen atoms in total. The molecule has 11 heteroatoms. The highest BCUT2D eigenvalue weighted by Crippen LogP contribution is 2.29. The van der Waals surface area contributed by atoms with E-state index in [-0.39, 0.29) is 29.7 Å². The minimum atomic E-state index is -2.93. The Hall–Kier alpha value is -2.14. The maximum Gasteiger partial charge on any atom is 0.387 e. The number of rotatable bonds is 10. The average Bonchev–Trinajstić information content (AvgIpc) is 3.06. The van der Waals surface area contributed by atoms with E-state index in [1.165, 1.54) is 36.3 Å². The number of ether oxygens (including phenoxy) is 2. The molecule has 2 rings (SSSR count). The van der Waals surface area contributed by atoms with Crippen molar-refractivity contribution in [3.05, 3.63) is 23.8 Å². The van der Waals surface area contributed by atoms with Crippen LogP contribution in [-0.4, -0.2) is 42.1 Å². The lowest BCUT2D eigenvalue weighted by Crippen LogP contribution is -2.24. The van der Waals surface area contributed by atoms with Gasteiger partial charge >= 0.3 is 6.61 Å². The van der Waals surface area contributed by atoms with Crippen LogP contribution in [0.1, 0.15) is 12.5 Å². The first-order valence-electron chi connectivity index (χ1n) is 7.60. The van der Waals surface area contributed by atoms with Gasteiger partial charge in [0.25, 0.3) is 0 Å². The van der Waals surface area contributed by atoms with E-state index in [1.54, 1.807) is 12.1 Å². The largest absolute Gasteiger partial charge is 0.493 e. The first-order valence-corrected chi connectivity index (χ1v) is 9.40. The van der Waals surface area contributed by atoms with E-state index in [0.717, 1.165) is 6.54 Å². The van der Waals surface area contributed by atoms with Gasteiger partial charge in [-0.1, -0.05) is 29.2 Å². The number of nitrogens with zero attached hydrogens (tertiary/aromatic N) is 2. The summed E-state index contributed by atoms with van der Waals surface area (Å²) in [6.45, 7) is 0.0244. The summed E-state index contributed by atoms with van der Waals surface area (Å²) in [5.41, 5.74) is 0.701. The fraction of sp³-hybridized carbons (Fsp3) is 0.400. The molecule has 2 N–H and O–H groups in total. The standard InChI is InChI=1S/C15H18F2N4O3S2/c1-3-18-14-20-21-15(26-14)25-8-12(22)19-7-9-4-5-10(24-13(16)17)11(6-9)23-2/h4-6,13H,3,7-8H2,1-2H3,(H,18,20)(H,19,22). The molecule has 0 radical (unpaired) electrons. The predicted molar refractivity (Wildman–Crippen MR) is 96.3 cm³/mol. The van der Waals surface area contributed by atoms with Crippen LogP contribution in [0.4, 0.5) is 13.9 Å². The number of alkyl halides is 2. The lowest BCUT2D eigenvalue weighted by atomic mass is 10.2. The number of nitrogens with one attached hydrogen (secondary N) is 2. The van der Waals surface area contributed by atoms with Crippen molar-refractivity contribution in [2.24, 2.45) is 0 Å². The summed E-state index contributed by atoms with van der Waals surface area (Å²) in [6, 6.07) is 4.50. The second-order valence-electron chi connectivity index (χ2n) is 4.83. The molecule has 0 spiro atoms. The van der Waals surface area contributed by atoms with Gasteiger partial charge in [0.15, 0.2) is 15.8 Å². The smallest absolute Gasteiger partial charge is 0.387 e. The SMILES string of the molecule is CCNc1nnc(SCC(=O)NCc2ccc(OC(F)F)c(OC)c2)s1. The van der Waals surface area contributed by atoms with Gasteiger partial charge in [0.05, 0.1) is 12.9 Å². The normalized spacial score (nSPS) is 10.7. The van der Waals surface area contributed by atoms with Crippen LogP contribution in [0, 0.1) is 0 Å². The molecule has 1 heterocycles. The first kappa shape index (κ1) is 20.2. The predicted octanol–water partition coefficient (Wildman–Crippen LogP) is 2.99. The number of thioether (sulfide) groups is 1. The molecule has 0 saturated carbocycles. The third-order valence-electron chi connectivity index (χ3n) is 2.99. The van der Waals surface area contributed by atoms with Crippen molar-refractivity contribution in [1.29, 1.82) is 0 Å². The zero-order chi connectivity index (χ0) is 18.9. The summed E-state index contributed by atoms with van der Waals surface area (Å²) in [7, 11) is 1.36. The molecule has 0 aliphatic heterocycles. The van der Waals surface area contributed by atoms with E-state index in [0.29, 0.717) is 15.0 Å². The quantitative estimate of drug-likeness (QED) is 0.589. The van der Waals surface area contributed by atoms with Gasteiger partial charge in [-0.2, -0.15) is 8.78 Å². The number of hydrogen-bond donors (Lipinski definition) is 2. The summed E-state index contributed by atoms with van der Waals surface area (Å²) in [5.74, 6) is 0.143. The Labute approximate surface area is 157 Å². The molecule has 26 heavy (non-hydrogen) atoms. The summed E-state index contributed by atoms with van der Waals surface area (Å²) >= 11 is 2.68. The van der Waals surface area contributed by atoms with Crippen LogP contribution in [0.25, 0.3) is 0 Å². The summed E-state index contributed by atoms with van der Waals surface area (Å²) in [6.07, 6.45) is 0. The number of methoxy groups -OCH3 is 1. The highest BCUT2D eigenvalue weighted by atomic mass is 32.2. The van der Waals surface area contributed by atoms with Crippen LogP contribution < -0.4 is 20.1 Å². The highest BCUT2D eigenvalue weighted by molar-refractivity contribution is 8.01. The zero-order valence-corrected chi connectivity index (χ0v) is 15.8. The highest BCUT2D eigenvalue weighted by Gasteiger charge is 2.12. The molecule has 0 saturated heterocycles. The lowest BCUT2D eigenvalue weighted by molar-refractivity contribution is -0.118. The van der Waals surface area contributed by atoms with E-state index in [4.69, 9.17) is 4.74 Å². The van der Waals surface area contributed by atoms with Crippen LogP contribution >= 0.6 is 23.1 Å². The van der Waals surface area contributed by atoms with Gasteiger partial charge in [-0.15, -0.1) is 10.2 Å². The van der Waals surface area contributed by atoms with Gasteiger partial charge in [0.1, 0.15) is 0 Å². The van der Waals surface area contributed by atoms with Crippen LogP contribution in [0.5, 0.6) is 11.5 Å². The molecular formula is C15H18F2N4O3S2. The van der Waals surface area contributed by atoms with Crippen molar-refractivity contribution in [3.63, 3.8) is 0 Å². The van der Waals surface area contributed by atoms with Crippen molar-refractivity contribution in [3.8, 4) is 11.5 Å². The van der Waals surface area contributed by atoms with Gasteiger partial charge in [-0.25, -0.2) is 0 Å². The Kier molecular flexibility index (Phi) is 7.85. The number of carbonyl (C=O) groups excluding carboxylic acids is 1. The Bertz CT molecular complexity index is 731. The van der Waals surface area contributed by atoms with Gasteiger partial charge in [-0.05, 0) is 24.6 Å². The monoisotopic (exact) mass is 404 g/mol. The average molecular weight is 404 g/mol. The first-order chi connectivity index (χ1) is 12.5. The number of hydrogen-bond acceptors (Lipinski definition) is 8. The zero-order valence-electron chi connectivity index (χ0n) is 14.1. The van der Waals surface area contributed by atoms with Crippen LogP contribution in [0.15, 0.2) is 22.5 Å². The van der Waals surface area contributed by atoms with E-state index in [9.17, 15) is 13.6 Å². The van der Waals surface area contributed by atoms with E-state index < -0.39 is 6.61 Å². The molecule has 0 fully saturated rings. The van der Waals surface area contributed by atoms with Crippen LogP contribution in [0.3, 0.4) is 0 Å². The second-order valence-corrected chi connectivity index (χ2v) is 7.03. The summed E-state index contributed by atoms with van der Waals surface area (Å²) in [4.78, 5) is 11.9. The number of carbonyl (C=O) groups is 1. The molecule has 0 bridgehead atoms. The van der Waals surface area contributed by atoms with Gasteiger partial charge in [-0.3, -0.25) is 4.79 Å². The number of halogens is 2. The molecule has 142 valence electrons. The number of anilines is 1. The fourth-order valence-electron chi connectivity index (χ4n) is 1.89. The second kappa shape index (κ2) is 10.1. The van der Waals surface area contributed by atoms with E-state index in [2.05, 4.69) is 25.6 Å². The van der Waals surface area contributed by atoms with Crippen LogP contribution in [-0.2, 0) is 11.3 Å². The minimum Gasteiger partial charge on any atom is -0.493 e. The summed E-state index contributed by atoms with van der Waals surface area (Å²) < 4.78 is 34.7. The molecule has 1 amide bonds. The Morgan fingerprint density at radius 3 is 2.85 bits per heavy atom. The van der Waals surface area contributed by atoms with Gasteiger partial charge in [0.2, 0.25) is 11.0 Å². The topological polar surface area (TPSA) is 85.4 Å². The number of amides is 1. The minimum absolute atomic E-state index is 0.0547. The number of benzene rings is 1. The Morgan fingerprint density at radius 2 is 2.15 bits per heavy atom. The maximum atomic E-state index is 12.3. The van der Waals surface area contributed by atoms with E-state index in [1.807, 2.05) is 6.92 Å². The molecule has 0 aliphatic rings. The van der Waals surface area contributed by atoms with Crippen molar-refractivity contribution < 1.29 is 23.0 Å². The maximum absolute atomic E-state index is 12.3.